The molecule has 1 fully saturated rings. The second-order valence-electron chi connectivity index (χ2n) is 4.88. The van der Waals surface area contributed by atoms with Gasteiger partial charge in [0.05, 0.1) is 11.4 Å². The first-order valence-corrected chi connectivity index (χ1v) is 5.85. The summed E-state index contributed by atoms with van der Waals surface area (Å²) in [7, 11) is 4.32. The Kier molecular flexibility index (Phi) is 3.06. The summed E-state index contributed by atoms with van der Waals surface area (Å²) in [6, 6.07) is 6.83. The molecule has 88 valence electrons. The van der Waals surface area contributed by atoms with E-state index in [0.29, 0.717) is 6.04 Å². The highest BCUT2D eigenvalue weighted by molar-refractivity contribution is 5.68. The number of benzene rings is 1. The quantitative estimate of drug-likeness (QED) is 0.769. The van der Waals surface area contributed by atoms with Crippen LogP contribution in [0.15, 0.2) is 18.2 Å². The van der Waals surface area contributed by atoms with Crippen LogP contribution in [-0.4, -0.2) is 38.1 Å². The number of nitrogen functional groups attached to an aromatic ring is 1. The van der Waals surface area contributed by atoms with Gasteiger partial charge in [-0.25, -0.2) is 0 Å². The molecule has 2 N–H and O–H groups in total. The maximum atomic E-state index is 6.04. The van der Waals surface area contributed by atoms with Crippen LogP contribution in [0, 0.1) is 6.92 Å². The fraction of sp³-hybridized carbons (Fsp3) is 0.538. The van der Waals surface area contributed by atoms with E-state index >= 15 is 0 Å². The summed E-state index contributed by atoms with van der Waals surface area (Å²) in [6.45, 7) is 4.42. The molecule has 2 rings (SSSR count). The lowest BCUT2D eigenvalue weighted by molar-refractivity contribution is 0.409. The minimum absolute atomic E-state index is 0.592. The summed E-state index contributed by atoms with van der Waals surface area (Å²) in [5.41, 5.74) is 9.35. The SMILES string of the molecule is Cc1ccc(N)c(N(C)C2CCN(C)C2)c1. The second-order valence-corrected chi connectivity index (χ2v) is 4.88. The monoisotopic (exact) mass is 219 g/mol. The molecule has 1 unspecified atom stereocenters. The first kappa shape index (κ1) is 11.3. The van der Waals surface area contributed by atoms with Crippen molar-refractivity contribution in [2.75, 3.05) is 37.8 Å². The molecule has 1 aromatic rings. The third-order valence-corrected chi connectivity index (χ3v) is 3.48. The average Bonchev–Trinajstić information content (AvgIpc) is 2.67. The van der Waals surface area contributed by atoms with Crippen LogP contribution in [0.5, 0.6) is 0 Å². The Balaban J connectivity index is 2.20. The van der Waals surface area contributed by atoms with Gasteiger partial charge >= 0.3 is 0 Å². The fourth-order valence-corrected chi connectivity index (χ4v) is 2.38. The van der Waals surface area contributed by atoms with E-state index in [9.17, 15) is 0 Å². The summed E-state index contributed by atoms with van der Waals surface area (Å²) in [5.74, 6) is 0. The fourth-order valence-electron chi connectivity index (χ4n) is 2.38. The highest BCUT2D eigenvalue weighted by Crippen LogP contribution is 2.27. The van der Waals surface area contributed by atoms with E-state index in [1.54, 1.807) is 0 Å². The van der Waals surface area contributed by atoms with Crippen LogP contribution < -0.4 is 10.6 Å². The molecule has 1 aliphatic rings. The van der Waals surface area contributed by atoms with E-state index in [1.165, 1.54) is 24.2 Å². The molecule has 3 nitrogen and oxygen atoms in total. The van der Waals surface area contributed by atoms with Gasteiger partial charge in [-0.1, -0.05) is 6.07 Å². The topological polar surface area (TPSA) is 32.5 Å². The molecule has 0 radical (unpaired) electrons. The zero-order chi connectivity index (χ0) is 11.7. The maximum absolute atomic E-state index is 6.04. The summed E-state index contributed by atoms with van der Waals surface area (Å²) < 4.78 is 0. The molecular formula is C13H21N3. The third kappa shape index (κ3) is 2.14. The molecule has 1 saturated heterocycles. The summed E-state index contributed by atoms with van der Waals surface area (Å²) in [4.78, 5) is 4.69. The van der Waals surface area contributed by atoms with Gasteiger partial charge in [-0.05, 0) is 44.6 Å². The number of rotatable bonds is 2. The number of nitrogens with zero attached hydrogens (tertiary/aromatic N) is 2. The molecule has 1 atom stereocenters. The van der Waals surface area contributed by atoms with Crippen molar-refractivity contribution < 1.29 is 0 Å². The molecule has 3 heteroatoms. The van der Waals surface area contributed by atoms with Gasteiger partial charge in [0.1, 0.15) is 0 Å². The predicted molar refractivity (Wildman–Crippen MR) is 69.9 cm³/mol. The highest BCUT2D eigenvalue weighted by atomic mass is 15.2. The van der Waals surface area contributed by atoms with Crippen molar-refractivity contribution in [3.63, 3.8) is 0 Å². The van der Waals surface area contributed by atoms with Crippen LogP contribution >= 0.6 is 0 Å². The van der Waals surface area contributed by atoms with Crippen molar-refractivity contribution in [1.29, 1.82) is 0 Å². The summed E-state index contributed by atoms with van der Waals surface area (Å²) in [5, 5.41) is 0. The molecule has 0 aliphatic carbocycles. The van der Waals surface area contributed by atoms with Crippen molar-refractivity contribution in [1.82, 2.24) is 4.90 Å². The van der Waals surface area contributed by atoms with Crippen LogP contribution in [-0.2, 0) is 0 Å². The molecule has 16 heavy (non-hydrogen) atoms. The normalized spacial score (nSPS) is 21.3. The van der Waals surface area contributed by atoms with Gasteiger partial charge < -0.3 is 15.5 Å². The van der Waals surface area contributed by atoms with Crippen molar-refractivity contribution in [3.8, 4) is 0 Å². The van der Waals surface area contributed by atoms with E-state index in [0.717, 1.165) is 12.2 Å². The Morgan fingerprint density at radius 3 is 2.81 bits per heavy atom. The van der Waals surface area contributed by atoms with Gasteiger partial charge in [0.15, 0.2) is 0 Å². The Bertz CT molecular complexity index is 375. The largest absolute Gasteiger partial charge is 0.397 e. The van der Waals surface area contributed by atoms with Gasteiger partial charge in [-0.3, -0.25) is 0 Å². The van der Waals surface area contributed by atoms with Gasteiger partial charge in [0, 0.05) is 19.6 Å². The van der Waals surface area contributed by atoms with E-state index in [2.05, 4.69) is 43.0 Å². The molecule has 0 amide bonds. The molecule has 1 aromatic carbocycles. The number of likely N-dealkylation sites (tertiary alicyclic amines) is 1. The van der Waals surface area contributed by atoms with Crippen molar-refractivity contribution in [2.45, 2.75) is 19.4 Å². The third-order valence-electron chi connectivity index (χ3n) is 3.48. The molecule has 0 aromatic heterocycles. The standard InChI is InChI=1S/C13H21N3/c1-10-4-5-12(14)13(8-10)16(3)11-6-7-15(2)9-11/h4-5,8,11H,6-7,9,14H2,1-3H3. The predicted octanol–water partition coefficient (Wildman–Crippen LogP) is 1.72. The Labute approximate surface area is 97.8 Å². The Morgan fingerprint density at radius 2 is 2.19 bits per heavy atom. The van der Waals surface area contributed by atoms with E-state index in [-0.39, 0.29) is 0 Å². The van der Waals surface area contributed by atoms with Gasteiger partial charge in [0.2, 0.25) is 0 Å². The first-order valence-electron chi connectivity index (χ1n) is 5.85. The molecule has 0 bridgehead atoms. The molecule has 0 saturated carbocycles. The van der Waals surface area contributed by atoms with Gasteiger partial charge in [-0.2, -0.15) is 0 Å². The molecule has 0 spiro atoms. The van der Waals surface area contributed by atoms with Crippen molar-refractivity contribution >= 4 is 11.4 Å². The number of aryl methyl sites for hydroxylation is 1. The van der Waals surface area contributed by atoms with E-state index in [1.807, 2.05) is 6.07 Å². The van der Waals surface area contributed by atoms with Crippen LogP contribution in [0.2, 0.25) is 0 Å². The molecule has 1 heterocycles. The average molecular weight is 219 g/mol. The van der Waals surface area contributed by atoms with Crippen LogP contribution in [0.1, 0.15) is 12.0 Å². The minimum atomic E-state index is 0.592. The van der Waals surface area contributed by atoms with Crippen molar-refractivity contribution in [3.05, 3.63) is 23.8 Å². The van der Waals surface area contributed by atoms with Gasteiger partial charge in [0.25, 0.3) is 0 Å². The Hall–Kier alpha value is -1.22. The lowest BCUT2D eigenvalue weighted by atomic mass is 10.1. The van der Waals surface area contributed by atoms with Crippen LogP contribution in [0.25, 0.3) is 0 Å². The van der Waals surface area contributed by atoms with E-state index < -0.39 is 0 Å². The van der Waals surface area contributed by atoms with Gasteiger partial charge in [-0.15, -0.1) is 0 Å². The number of hydrogen-bond acceptors (Lipinski definition) is 3. The zero-order valence-corrected chi connectivity index (χ0v) is 10.4. The van der Waals surface area contributed by atoms with Crippen LogP contribution in [0.3, 0.4) is 0 Å². The second kappa shape index (κ2) is 4.34. The molecule has 1 aliphatic heterocycles. The lowest BCUT2D eigenvalue weighted by Gasteiger charge is -2.28. The first-order chi connectivity index (χ1) is 7.58. The number of nitrogens with two attached hydrogens (primary N) is 1. The highest BCUT2D eigenvalue weighted by Gasteiger charge is 2.24. The molecular weight excluding hydrogens is 198 g/mol. The minimum Gasteiger partial charge on any atom is -0.397 e. The van der Waals surface area contributed by atoms with E-state index in [4.69, 9.17) is 5.73 Å². The number of likely N-dealkylation sites (N-methyl/N-ethyl adjacent to an activating group) is 2. The lowest BCUT2D eigenvalue weighted by Crippen LogP contribution is -2.34. The maximum Gasteiger partial charge on any atom is 0.0602 e. The zero-order valence-electron chi connectivity index (χ0n) is 10.4. The smallest absolute Gasteiger partial charge is 0.0602 e. The Morgan fingerprint density at radius 1 is 1.44 bits per heavy atom. The number of anilines is 2. The number of hydrogen-bond donors (Lipinski definition) is 1. The summed E-state index contributed by atoms with van der Waals surface area (Å²) in [6.07, 6.45) is 1.22. The van der Waals surface area contributed by atoms with Crippen molar-refractivity contribution in [2.24, 2.45) is 0 Å². The summed E-state index contributed by atoms with van der Waals surface area (Å²) >= 11 is 0. The van der Waals surface area contributed by atoms with Crippen LogP contribution in [0.4, 0.5) is 11.4 Å².